The van der Waals surface area contributed by atoms with E-state index in [-0.39, 0.29) is 18.0 Å². The fraction of sp³-hybridized carbons (Fsp3) is 0.389. The van der Waals surface area contributed by atoms with Crippen LogP contribution in [0.2, 0.25) is 0 Å². The number of halogens is 2. The average molecular weight is 379 g/mol. The molecule has 144 valence electrons. The van der Waals surface area contributed by atoms with Crippen molar-refractivity contribution in [1.29, 1.82) is 0 Å². The number of hydrogen-bond acceptors (Lipinski definition) is 4. The minimum absolute atomic E-state index is 0.00902. The summed E-state index contributed by atoms with van der Waals surface area (Å²) >= 11 is 0. The molecule has 3 rings (SSSR count). The van der Waals surface area contributed by atoms with Crippen LogP contribution in [0.4, 0.5) is 8.78 Å². The maximum atomic E-state index is 14.2. The molecule has 7 nitrogen and oxygen atoms in total. The molecule has 1 aromatic heterocycles. The number of carboxylic acid groups (broad SMARTS) is 1. The van der Waals surface area contributed by atoms with Gasteiger partial charge < -0.3 is 15.2 Å². The van der Waals surface area contributed by atoms with E-state index >= 15 is 0 Å². The molecule has 1 heterocycles. The molecule has 0 aliphatic heterocycles. The van der Waals surface area contributed by atoms with Crippen LogP contribution >= 0.6 is 0 Å². The number of fused-ring (bicyclic) bond motifs is 1. The molecule has 1 aromatic carbocycles. The molecule has 2 N–H and O–H groups in total. The molecule has 2 aromatic rings. The fourth-order valence-corrected chi connectivity index (χ4v) is 3.22. The Labute approximate surface area is 153 Å². The van der Waals surface area contributed by atoms with Gasteiger partial charge in [-0.3, -0.25) is 4.79 Å². The number of carboxylic acids is 1. The SMILES string of the molecule is COCC(C)(NC(=O)c1nn(-c2cccc(F)c2F)c2c1CCC2)C(=O)O. The molecule has 1 amide bonds. The van der Waals surface area contributed by atoms with E-state index < -0.39 is 29.0 Å². The number of aromatic nitrogens is 2. The molecule has 0 radical (unpaired) electrons. The van der Waals surface area contributed by atoms with Crippen LogP contribution in [-0.4, -0.2) is 46.0 Å². The Morgan fingerprint density at radius 3 is 2.78 bits per heavy atom. The van der Waals surface area contributed by atoms with Gasteiger partial charge in [-0.05, 0) is 38.3 Å². The van der Waals surface area contributed by atoms with E-state index in [1.54, 1.807) is 0 Å². The van der Waals surface area contributed by atoms with Gasteiger partial charge in [0, 0.05) is 18.4 Å². The second-order valence-electron chi connectivity index (χ2n) is 6.64. The molecule has 0 saturated heterocycles. The van der Waals surface area contributed by atoms with Crippen molar-refractivity contribution in [2.45, 2.75) is 31.7 Å². The lowest BCUT2D eigenvalue weighted by Gasteiger charge is -2.24. The Hall–Kier alpha value is -2.81. The molecular weight excluding hydrogens is 360 g/mol. The number of hydrogen-bond donors (Lipinski definition) is 2. The number of carbonyl (C=O) groups is 2. The smallest absolute Gasteiger partial charge is 0.331 e. The zero-order chi connectivity index (χ0) is 19.8. The monoisotopic (exact) mass is 379 g/mol. The first-order valence-corrected chi connectivity index (χ1v) is 8.38. The molecule has 1 aliphatic carbocycles. The summed E-state index contributed by atoms with van der Waals surface area (Å²) in [5.41, 5.74) is -0.500. The predicted octanol–water partition coefficient (Wildman–Crippen LogP) is 1.86. The summed E-state index contributed by atoms with van der Waals surface area (Å²) < 4.78 is 33.9. The molecule has 9 heteroatoms. The van der Waals surface area contributed by atoms with Crippen LogP contribution in [0.1, 0.15) is 35.1 Å². The Morgan fingerprint density at radius 1 is 1.37 bits per heavy atom. The van der Waals surface area contributed by atoms with Crippen molar-refractivity contribution >= 4 is 11.9 Å². The Bertz CT molecular complexity index is 912. The highest BCUT2D eigenvalue weighted by atomic mass is 19.2. The zero-order valence-electron chi connectivity index (χ0n) is 14.9. The summed E-state index contributed by atoms with van der Waals surface area (Å²) in [6.07, 6.45) is 1.83. The maximum absolute atomic E-state index is 14.2. The van der Waals surface area contributed by atoms with Gasteiger partial charge in [0.05, 0.1) is 6.61 Å². The molecule has 1 atom stereocenters. The molecule has 0 saturated carbocycles. The quantitative estimate of drug-likeness (QED) is 0.799. The Morgan fingerprint density at radius 2 is 2.11 bits per heavy atom. The highest BCUT2D eigenvalue weighted by Crippen LogP contribution is 2.29. The predicted molar refractivity (Wildman–Crippen MR) is 90.9 cm³/mol. The van der Waals surface area contributed by atoms with Crippen molar-refractivity contribution in [2.75, 3.05) is 13.7 Å². The molecule has 1 aliphatic rings. The molecule has 0 bridgehead atoms. The minimum Gasteiger partial charge on any atom is -0.479 e. The largest absolute Gasteiger partial charge is 0.479 e. The number of benzene rings is 1. The van der Waals surface area contributed by atoms with Gasteiger partial charge >= 0.3 is 5.97 Å². The van der Waals surface area contributed by atoms with Gasteiger partial charge in [-0.15, -0.1) is 0 Å². The van der Waals surface area contributed by atoms with Crippen LogP contribution in [0.25, 0.3) is 5.69 Å². The number of amides is 1. The standard InChI is InChI=1S/C18H19F2N3O4/c1-18(9-27-2,17(25)26)21-16(24)15-10-5-3-7-12(10)23(22-15)13-8-4-6-11(19)14(13)20/h4,6,8H,3,5,7,9H2,1-2H3,(H,21,24)(H,25,26). The summed E-state index contributed by atoms with van der Waals surface area (Å²) in [6, 6.07) is 3.73. The minimum atomic E-state index is -1.65. The summed E-state index contributed by atoms with van der Waals surface area (Å²) in [5, 5.41) is 16.0. The van der Waals surface area contributed by atoms with Crippen LogP contribution in [-0.2, 0) is 22.4 Å². The molecule has 0 fully saturated rings. The topological polar surface area (TPSA) is 93.5 Å². The van der Waals surface area contributed by atoms with Crippen molar-refractivity contribution < 1.29 is 28.2 Å². The molecular formula is C18H19F2N3O4. The first-order valence-electron chi connectivity index (χ1n) is 8.38. The van der Waals surface area contributed by atoms with E-state index in [0.717, 1.165) is 12.5 Å². The van der Waals surface area contributed by atoms with Crippen LogP contribution in [0.15, 0.2) is 18.2 Å². The van der Waals surface area contributed by atoms with Crippen molar-refractivity contribution in [1.82, 2.24) is 15.1 Å². The van der Waals surface area contributed by atoms with Crippen LogP contribution in [0.5, 0.6) is 0 Å². The highest BCUT2D eigenvalue weighted by molar-refractivity contribution is 5.97. The number of aliphatic carboxylic acids is 1. The van der Waals surface area contributed by atoms with Gasteiger partial charge in [-0.1, -0.05) is 6.07 Å². The van der Waals surface area contributed by atoms with Crippen molar-refractivity contribution in [3.8, 4) is 5.69 Å². The summed E-state index contributed by atoms with van der Waals surface area (Å²) in [4.78, 5) is 24.2. The van der Waals surface area contributed by atoms with Crippen LogP contribution in [0.3, 0.4) is 0 Å². The molecule has 27 heavy (non-hydrogen) atoms. The fourth-order valence-electron chi connectivity index (χ4n) is 3.22. The van der Waals surface area contributed by atoms with E-state index in [9.17, 15) is 23.5 Å². The lowest BCUT2D eigenvalue weighted by Crippen LogP contribution is -2.55. The molecule has 0 spiro atoms. The lowest BCUT2D eigenvalue weighted by molar-refractivity contribution is -0.145. The first-order chi connectivity index (χ1) is 12.8. The lowest BCUT2D eigenvalue weighted by atomic mass is 10.0. The van der Waals surface area contributed by atoms with Gasteiger partial charge in [-0.2, -0.15) is 5.10 Å². The van der Waals surface area contributed by atoms with Gasteiger partial charge in [0.1, 0.15) is 5.69 Å². The van der Waals surface area contributed by atoms with E-state index in [2.05, 4.69) is 10.4 Å². The van der Waals surface area contributed by atoms with Crippen molar-refractivity contribution in [2.24, 2.45) is 0 Å². The van der Waals surface area contributed by atoms with Gasteiger partial charge in [-0.25, -0.2) is 18.3 Å². The number of carbonyl (C=O) groups excluding carboxylic acids is 1. The second kappa shape index (κ2) is 7.07. The third-order valence-corrected chi connectivity index (χ3v) is 4.60. The number of methoxy groups -OCH3 is 1. The Balaban J connectivity index is 2.02. The summed E-state index contributed by atoms with van der Waals surface area (Å²) in [6.45, 7) is 1.08. The van der Waals surface area contributed by atoms with E-state index in [4.69, 9.17) is 4.74 Å². The van der Waals surface area contributed by atoms with Crippen molar-refractivity contribution in [3.05, 3.63) is 46.8 Å². The summed E-state index contributed by atoms with van der Waals surface area (Å²) in [7, 11) is 1.33. The highest BCUT2D eigenvalue weighted by Gasteiger charge is 2.37. The first kappa shape index (κ1) is 19.0. The van der Waals surface area contributed by atoms with Crippen LogP contribution < -0.4 is 5.32 Å². The van der Waals surface area contributed by atoms with E-state index in [0.29, 0.717) is 24.1 Å². The third kappa shape index (κ3) is 3.30. The zero-order valence-corrected chi connectivity index (χ0v) is 14.9. The summed E-state index contributed by atoms with van der Waals surface area (Å²) in [5.74, 6) is -4.04. The van der Waals surface area contributed by atoms with Gasteiger partial charge in [0.2, 0.25) is 0 Å². The number of nitrogens with one attached hydrogen (secondary N) is 1. The number of rotatable bonds is 6. The van der Waals surface area contributed by atoms with E-state index in [1.165, 1.54) is 30.8 Å². The normalized spacial score (nSPS) is 15.3. The van der Waals surface area contributed by atoms with Crippen LogP contribution in [0, 0.1) is 11.6 Å². The van der Waals surface area contributed by atoms with E-state index in [1.807, 2.05) is 0 Å². The average Bonchev–Trinajstić information content (AvgIpc) is 3.20. The van der Waals surface area contributed by atoms with Gasteiger partial charge in [0.25, 0.3) is 5.91 Å². The van der Waals surface area contributed by atoms with Gasteiger partial charge in [0.15, 0.2) is 22.9 Å². The Kier molecular flexibility index (Phi) is 4.97. The van der Waals surface area contributed by atoms with Crippen molar-refractivity contribution in [3.63, 3.8) is 0 Å². The number of ether oxygens (including phenoxy) is 1. The maximum Gasteiger partial charge on any atom is 0.331 e. The number of nitrogens with zero attached hydrogens (tertiary/aromatic N) is 2. The molecule has 1 unspecified atom stereocenters. The second-order valence-corrected chi connectivity index (χ2v) is 6.64. The third-order valence-electron chi connectivity index (χ3n) is 4.60.